The van der Waals surface area contributed by atoms with Gasteiger partial charge in [-0.1, -0.05) is 0 Å². The number of nitrogens with zero attached hydrogens (tertiary/aromatic N) is 4. The number of hydrogen-bond acceptors (Lipinski definition) is 3. The maximum atomic E-state index is 4.31. The van der Waals surface area contributed by atoms with Gasteiger partial charge in [-0.05, 0) is 19.1 Å². The molecule has 0 radical (unpaired) electrons. The molecule has 0 spiro atoms. The van der Waals surface area contributed by atoms with Crippen molar-refractivity contribution in [2.75, 3.05) is 0 Å². The lowest BCUT2D eigenvalue weighted by molar-refractivity contribution is 0.810. The van der Waals surface area contributed by atoms with E-state index in [-0.39, 0.29) is 0 Å². The summed E-state index contributed by atoms with van der Waals surface area (Å²) in [4.78, 5) is 7.23. The van der Waals surface area contributed by atoms with Crippen molar-refractivity contribution < 1.29 is 0 Å². The van der Waals surface area contributed by atoms with Gasteiger partial charge in [0, 0.05) is 24.0 Å². The van der Waals surface area contributed by atoms with E-state index >= 15 is 0 Å². The van der Waals surface area contributed by atoms with Crippen LogP contribution in [0, 0.1) is 6.92 Å². The van der Waals surface area contributed by atoms with Crippen molar-refractivity contribution in [1.82, 2.24) is 24.8 Å². The Hall–Kier alpha value is -2.17. The van der Waals surface area contributed by atoms with Crippen LogP contribution in [0.25, 0.3) is 17.0 Å². The van der Waals surface area contributed by atoms with E-state index in [9.17, 15) is 0 Å². The van der Waals surface area contributed by atoms with Crippen LogP contribution in [-0.4, -0.2) is 24.8 Å². The first-order chi connectivity index (χ1) is 7.33. The molecule has 5 nitrogen and oxygen atoms in total. The average molecular weight is 199 g/mol. The Balaban J connectivity index is 2.16. The van der Waals surface area contributed by atoms with Gasteiger partial charge in [-0.25, -0.2) is 0 Å². The molecule has 15 heavy (non-hydrogen) atoms. The highest BCUT2D eigenvalue weighted by Crippen LogP contribution is 2.14. The first kappa shape index (κ1) is 8.16. The van der Waals surface area contributed by atoms with Gasteiger partial charge in [-0.15, -0.1) is 9.73 Å². The molecular formula is C10H9N5. The third-order valence-corrected chi connectivity index (χ3v) is 2.19. The van der Waals surface area contributed by atoms with Gasteiger partial charge in [0.1, 0.15) is 0 Å². The number of rotatable bonds is 1. The Morgan fingerprint density at radius 2 is 2.27 bits per heavy atom. The van der Waals surface area contributed by atoms with E-state index in [2.05, 4.69) is 20.2 Å². The molecule has 0 aliphatic rings. The maximum absolute atomic E-state index is 4.31. The summed E-state index contributed by atoms with van der Waals surface area (Å²) < 4.78 is 1.59. The molecule has 3 aromatic rings. The standard InChI is InChI=1S/C10H9N5/c1-7-5-9-12-10(14-15(9)13-7)8-3-2-4-11-6-8/h2-6H,1H3,(H,12,14). The van der Waals surface area contributed by atoms with Crippen molar-refractivity contribution in [1.29, 1.82) is 0 Å². The number of pyridine rings is 1. The second-order valence-corrected chi connectivity index (χ2v) is 3.38. The normalized spacial score (nSPS) is 11.0. The van der Waals surface area contributed by atoms with Gasteiger partial charge in [0.2, 0.25) is 0 Å². The molecule has 0 amide bonds. The second kappa shape index (κ2) is 2.91. The predicted molar refractivity (Wildman–Crippen MR) is 55.3 cm³/mol. The summed E-state index contributed by atoms with van der Waals surface area (Å²) >= 11 is 0. The summed E-state index contributed by atoms with van der Waals surface area (Å²) in [6.07, 6.45) is 3.51. The average Bonchev–Trinajstić information content (AvgIpc) is 2.76. The zero-order valence-electron chi connectivity index (χ0n) is 8.18. The van der Waals surface area contributed by atoms with Gasteiger partial charge in [-0.2, -0.15) is 5.10 Å². The number of H-pyrrole nitrogens is 1. The van der Waals surface area contributed by atoms with Crippen LogP contribution in [0.3, 0.4) is 0 Å². The Kier molecular flexibility index (Phi) is 1.58. The zero-order chi connectivity index (χ0) is 10.3. The molecule has 1 N–H and O–H groups in total. The van der Waals surface area contributed by atoms with E-state index in [1.165, 1.54) is 0 Å². The summed E-state index contributed by atoms with van der Waals surface area (Å²) in [6, 6.07) is 5.79. The monoisotopic (exact) mass is 199 g/mol. The van der Waals surface area contributed by atoms with Crippen molar-refractivity contribution in [2.45, 2.75) is 6.92 Å². The fourth-order valence-electron chi connectivity index (χ4n) is 1.52. The smallest absolute Gasteiger partial charge is 0.163 e. The molecule has 74 valence electrons. The number of hydrogen-bond donors (Lipinski definition) is 1. The topological polar surface area (TPSA) is 58.9 Å². The van der Waals surface area contributed by atoms with E-state index in [1.54, 1.807) is 17.0 Å². The lowest BCUT2D eigenvalue weighted by atomic mass is 10.3. The van der Waals surface area contributed by atoms with Gasteiger partial charge in [0.05, 0.1) is 5.69 Å². The SMILES string of the molecule is Cc1cc2[nH]c(-c3cccnc3)nn2n1. The molecule has 0 aliphatic carbocycles. The van der Waals surface area contributed by atoms with Gasteiger partial charge in [0.15, 0.2) is 11.5 Å². The van der Waals surface area contributed by atoms with Crippen LogP contribution in [0.15, 0.2) is 30.6 Å². The number of fused-ring (bicyclic) bond motifs is 1. The number of aromatic nitrogens is 5. The molecule has 0 saturated heterocycles. The van der Waals surface area contributed by atoms with Crippen molar-refractivity contribution in [2.24, 2.45) is 0 Å². The predicted octanol–water partition coefficient (Wildman–Crippen LogP) is 1.43. The van der Waals surface area contributed by atoms with Crippen molar-refractivity contribution in [3.63, 3.8) is 0 Å². The summed E-state index contributed by atoms with van der Waals surface area (Å²) in [5.41, 5.74) is 2.80. The van der Waals surface area contributed by atoms with Crippen LogP contribution in [0.1, 0.15) is 5.69 Å². The fourth-order valence-corrected chi connectivity index (χ4v) is 1.52. The van der Waals surface area contributed by atoms with Crippen LogP contribution in [-0.2, 0) is 0 Å². The Labute approximate surface area is 85.8 Å². The highest BCUT2D eigenvalue weighted by molar-refractivity contribution is 5.56. The third-order valence-electron chi connectivity index (χ3n) is 2.19. The van der Waals surface area contributed by atoms with E-state index in [1.807, 2.05) is 25.1 Å². The minimum atomic E-state index is 0.783. The third kappa shape index (κ3) is 1.28. The quantitative estimate of drug-likeness (QED) is 0.645. The molecule has 0 aromatic carbocycles. The highest BCUT2D eigenvalue weighted by atomic mass is 15.5. The van der Waals surface area contributed by atoms with Crippen molar-refractivity contribution in [3.8, 4) is 11.4 Å². The minimum Gasteiger partial charge on any atom is -0.321 e. The lowest BCUT2D eigenvalue weighted by Gasteiger charge is -1.91. The molecule has 3 aromatic heterocycles. The molecule has 0 fully saturated rings. The van der Waals surface area contributed by atoms with Crippen molar-refractivity contribution >= 4 is 5.65 Å². The van der Waals surface area contributed by atoms with Gasteiger partial charge < -0.3 is 4.98 Å². The maximum Gasteiger partial charge on any atom is 0.163 e. The molecule has 5 heteroatoms. The van der Waals surface area contributed by atoms with Crippen LogP contribution in [0.4, 0.5) is 0 Å². The van der Waals surface area contributed by atoms with Crippen LogP contribution in [0.2, 0.25) is 0 Å². The number of aromatic amines is 1. The fraction of sp³-hybridized carbons (Fsp3) is 0.100. The molecule has 0 bridgehead atoms. The Morgan fingerprint density at radius 1 is 1.33 bits per heavy atom. The molecule has 0 aliphatic heterocycles. The summed E-state index contributed by atoms with van der Waals surface area (Å²) in [6.45, 7) is 1.94. The second-order valence-electron chi connectivity index (χ2n) is 3.38. The number of nitrogens with one attached hydrogen (secondary N) is 1. The van der Waals surface area contributed by atoms with E-state index in [4.69, 9.17) is 0 Å². The van der Waals surface area contributed by atoms with Crippen LogP contribution in [0.5, 0.6) is 0 Å². The highest BCUT2D eigenvalue weighted by Gasteiger charge is 2.06. The molecule has 0 saturated carbocycles. The summed E-state index contributed by atoms with van der Waals surface area (Å²) in [7, 11) is 0. The first-order valence-electron chi connectivity index (χ1n) is 4.66. The molecule has 3 rings (SSSR count). The van der Waals surface area contributed by atoms with E-state index in [0.717, 1.165) is 22.7 Å². The Bertz CT molecular complexity index is 561. The van der Waals surface area contributed by atoms with E-state index in [0.29, 0.717) is 0 Å². The van der Waals surface area contributed by atoms with Crippen molar-refractivity contribution in [3.05, 3.63) is 36.3 Å². The van der Waals surface area contributed by atoms with Gasteiger partial charge >= 0.3 is 0 Å². The molecule has 0 unspecified atom stereocenters. The first-order valence-corrected chi connectivity index (χ1v) is 4.66. The molecular weight excluding hydrogens is 190 g/mol. The van der Waals surface area contributed by atoms with Gasteiger partial charge in [-0.3, -0.25) is 4.98 Å². The summed E-state index contributed by atoms with van der Waals surface area (Å²) in [5, 5.41) is 8.53. The van der Waals surface area contributed by atoms with Crippen LogP contribution < -0.4 is 0 Å². The lowest BCUT2D eigenvalue weighted by Crippen LogP contribution is -1.88. The zero-order valence-corrected chi connectivity index (χ0v) is 8.18. The van der Waals surface area contributed by atoms with E-state index < -0.39 is 0 Å². The van der Waals surface area contributed by atoms with Gasteiger partial charge in [0.25, 0.3) is 0 Å². The number of aryl methyl sites for hydroxylation is 1. The molecule has 0 atom stereocenters. The van der Waals surface area contributed by atoms with Crippen LogP contribution >= 0.6 is 0 Å². The largest absolute Gasteiger partial charge is 0.321 e. The minimum absolute atomic E-state index is 0.783. The summed E-state index contributed by atoms with van der Waals surface area (Å²) in [5.74, 6) is 0.783. The molecule has 3 heterocycles. The Morgan fingerprint density at radius 3 is 3.00 bits per heavy atom.